The summed E-state index contributed by atoms with van der Waals surface area (Å²) in [6.07, 6.45) is 4.33. The Morgan fingerprint density at radius 2 is 1.67 bits per heavy atom. The Morgan fingerprint density at radius 3 is 2.07 bits per heavy atom. The van der Waals surface area contributed by atoms with Gasteiger partial charge in [-0.1, -0.05) is 13.8 Å². The maximum absolute atomic E-state index is 6.13. The van der Waals surface area contributed by atoms with Gasteiger partial charge in [-0.15, -0.1) is 0 Å². The third-order valence-corrected chi connectivity index (χ3v) is 4.16. The molecule has 0 amide bonds. The zero-order chi connectivity index (χ0) is 11.1. The average Bonchev–Trinajstić information content (AvgIpc) is 2.13. The zero-order valence-corrected chi connectivity index (χ0v) is 10.6. The number of nitrogens with zero attached hydrogens (tertiary/aromatic N) is 1. The summed E-state index contributed by atoms with van der Waals surface area (Å²) >= 11 is 0. The molecule has 0 bridgehead atoms. The van der Waals surface area contributed by atoms with E-state index in [1.54, 1.807) is 0 Å². The summed E-state index contributed by atoms with van der Waals surface area (Å²) in [5, 5.41) is 0. The second-order valence-corrected chi connectivity index (χ2v) is 5.92. The van der Waals surface area contributed by atoms with Crippen LogP contribution in [0.3, 0.4) is 0 Å². The van der Waals surface area contributed by atoms with Gasteiger partial charge in [-0.25, -0.2) is 0 Å². The summed E-state index contributed by atoms with van der Waals surface area (Å²) in [6, 6.07) is 0.698. The fourth-order valence-corrected chi connectivity index (χ4v) is 2.82. The van der Waals surface area contributed by atoms with Crippen LogP contribution in [0.1, 0.15) is 47.0 Å². The number of likely N-dealkylation sites (tertiary alicyclic amines) is 1. The second-order valence-electron chi connectivity index (χ2n) is 5.92. The van der Waals surface area contributed by atoms with Crippen molar-refractivity contribution < 1.29 is 4.74 Å². The van der Waals surface area contributed by atoms with Crippen molar-refractivity contribution in [3.05, 3.63) is 0 Å². The van der Waals surface area contributed by atoms with Gasteiger partial charge in [-0.2, -0.15) is 0 Å². The van der Waals surface area contributed by atoms with Crippen LogP contribution < -0.4 is 0 Å². The molecule has 2 heterocycles. The molecule has 15 heavy (non-hydrogen) atoms. The summed E-state index contributed by atoms with van der Waals surface area (Å²) in [4.78, 5) is 2.57. The molecule has 1 spiro atoms. The minimum Gasteiger partial charge on any atom is -0.371 e. The first kappa shape index (κ1) is 11.4. The minimum atomic E-state index is 0.278. The Hall–Kier alpha value is -0.0800. The van der Waals surface area contributed by atoms with Gasteiger partial charge in [0.25, 0.3) is 0 Å². The molecule has 0 aromatic rings. The van der Waals surface area contributed by atoms with Crippen molar-refractivity contribution >= 4 is 0 Å². The van der Waals surface area contributed by atoms with Crippen molar-refractivity contribution in [2.24, 2.45) is 5.92 Å². The molecule has 2 fully saturated rings. The molecule has 1 unspecified atom stereocenters. The molecule has 2 saturated heterocycles. The quantitative estimate of drug-likeness (QED) is 0.696. The standard InChI is InChI=1S/C13H25NO/c1-10(2)12-9-13(15-12)5-7-14(8-6-13)11(3)4/h10-12H,5-9H2,1-4H3. The van der Waals surface area contributed by atoms with E-state index in [9.17, 15) is 0 Å². The van der Waals surface area contributed by atoms with E-state index >= 15 is 0 Å². The van der Waals surface area contributed by atoms with Crippen LogP contribution in [0.4, 0.5) is 0 Å². The number of hydrogen-bond acceptors (Lipinski definition) is 2. The monoisotopic (exact) mass is 211 g/mol. The van der Waals surface area contributed by atoms with Crippen molar-refractivity contribution in [3.8, 4) is 0 Å². The Balaban J connectivity index is 1.80. The summed E-state index contributed by atoms with van der Waals surface area (Å²) in [5.74, 6) is 0.693. The Kier molecular flexibility index (Phi) is 3.09. The number of hydrogen-bond donors (Lipinski definition) is 0. The van der Waals surface area contributed by atoms with Gasteiger partial charge in [0.05, 0.1) is 11.7 Å². The lowest BCUT2D eigenvalue weighted by Crippen LogP contribution is -2.58. The second kappa shape index (κ2) is 4.06. The van der Waals surface area contributed by atoms with Gasteiger partial charge < -0.3 is 9.64 Å². The van der Waals surface area contributed by atoms with Gasteiger partial charge in [0, 0.05) is 25.6 Å². The summed E-state index contributed by atoms with van der Waals surface area (Å²) in [6.45, 7) is 11.6. The first-order valence-electron chi connectivity index (χ1n) is 6.44. The van der Waals surface area contributed by atoms with Crippen LogP contribution in [-0.4, -0.2) is 35.7 Å². The van der Waals surface area contributed by atoms with Crippen LogP contribution in [0.2, 0.25) is 0 Å². The fraction of sp³-hybridized carbons (Fsp3) is 1.00. The maximum atomic E-state index is 6.13. The maximum Gasteiger partial charge on any atom is 0.0735 e. The molecule has 2 aliphatic heterocycles. The highest BCUT2D eigenvalue weighted by atomic mass is 16.5. The molecule has 2 aliphatic rings. The SMILES string of the molecule is CC(C)C1CC2(CCN(C(C)C)CC2)O1. The highest BCUT2D eigenvalue weighted by molar-refractivity contribution is 4.98. The zero-order valence-electron chi connectivity index (χ0n) is 10.6. The van der Waals surface area contributed by atoms with Crippen LogP contribution in [0, 0.1) is 5.92 Å². The van der Waals surface area contributed by atoms with Crippen molar-refractivity contribution in [3.63, 3.8) is 0 Å². The van der Waals surface area contributed by atoms with Crippen molar-refractivity contribution in [1.82, 2.24) is 4.90 Å². The van der Waals surface area contributed by atoms with Crippen LogP contribution in [-0.2, 0) is 4.74 Å². The van der Waals surface area contributed by atoms with Crippen molar-refractivity contribution in [2.45, 2.75) is 64.7 Å². The van der Waals surface area contributed by atoms with Crippen molar-refractivity contribution in [2.75, 3.05) is 13.1 Å². The minimum absolute atomic E-state index is 0.278. The average molecular weight is 211 g/mol. The van der Waals surface area contributed by atoms with E-state index in [-0.39, 0.29) is 5.60 Å². The van der Waals surface area contributed by atoms with Gasteiger partial charge in [0.15, 0.2) is 0 Å². The Bertz CT molecular complexity index is 209. The summed E-state index contributed by atoms with van der Waals surface area (Å²) < 4.78 is 6.13. The molecule has 0 N–H and O–H groups in total. The van der Waals surface area contributed by atoms with Crippen molar-refractivity contribution in [1.29, 1.82) is 0 Å². The number of rotatable bonds is 2. The van der Waals surface area contributed by atoms with E-state index < -0.39 is 0 Å². The highest BCUT2D eigenvalue weighted by Crippen LogP contribution is 2.43. The molecule has 1 atom stereocenters. The van der Waals surface area contributed by atoms with Gasteiger partial charge in [0.2, 0.25) is 0 Å². The van der Waals surface area contributed by atoms with Crippen LogP contribution in [0.15, 0.2) is 0 Å². The lowest BCUT2D eigenvalue weighted by atomic mass is 9.77. The third-order valence-electron chi connectivity index (χ3n) is 4.16. The van der Waals surface area contributed by atoms with E-state index in [1.165, 1.54) is 32.4 Å². The molecule has 88 valence electrons. The molecule has 2 heteroatoms. The predicted octanol–water partition coefficient (Wildman–Crippen LogP) is 2.67. The van der Waals surface area contributed by atoms with Gasteiger partial charge in [0.1, 0.15) is 0 Å². The molecule has 0 aliphatic carbocycles. The van der Waals surface area contributed by atoms with Crippen LogP contribution in [0.25, 0.3) is 0 Å². The number of piperidine rings is 1. The third kappa shape index (κ3) is 2.21. The molecular weight excluding hydrogens is 186 g/mol. The molecule has 0 radical (unpaired) electrons. The van der Waals surface area contributed by atoms with Crippen LogP contribution in [0.5, 0.6) is 0 Å². The lowest BCUT2D eigenvalue weighted by Gasteiger charge is -2.54. The highest BCUT2D eigenvalue weighted by Gasteiger charge is 2.47. The van der Waals surface area contributed by atoms with Gasteiger partial charge >= 0.3 is 0 Å². The first-order valence-corrected chi connectivity index (χ1v) is 6.44. The van der Waals surface area contributed by atoms with E-state index in [1.807, 2.05) is 0 Å². The molecule has 0 aromatic carbocycles. The first-order chi connectivity index (χ1) is 7.02. The van der Waals surface area contributed by atoms with E-state index in [0.29, 0.717) is 18.1 Å². The molecule has 0 saturated carbocycles. The molecule has 0 aromatic heterocycles. The topological polar surface area (TPSA) is 12.5 Å². The predicted molar refractivity (Wildman–Crippen MR) is 63.0 cm³/mol. The lowest BCUT2D eigenvalue weighted by molar-refractivity contribution is -0.239. The molecule has 2 rings (SSSR count). The molecule has 2 nitrogen and oxygen atoms in total. The largest absolute Gasteiger partial charge is 0.371 e. The molecular formula is C13H25NO. The normalized spacial score (nSPS) is 31.2. The van der Waals surface area contributed by atoms with E-state index in [0.717, 1.165) is 0 Å². The fourth-order valence-electron chi connectivity index (χ4n) is 2.82. The van der Waals surface area contributed by atoms with Gasteiger partial charge in [-0.05, 0) is 32.6 Å². The van der Waals surface area contributed by atoms with E-state index in [2.05, 4.69) is 32.6 Å². The van der Waals surface area contributed by atoms with Crippen LogP contribution >= 0.6 is 0 Å². The van der Waals surface area contributed by atoms with E-state index in [4.69, 9.17) is 4.74 Å². The van der Waals surface area contributed by atoms with Gasteiger partial charge in [-0.3, -0.25) is 0 Å². The smallest absolute Gasteiger partial charge is 0.0735 e. The summed E-state index contributed by atoms with van der Waals surface area (Å²) in [5.41, 5.74) is 0.278. The number of ether oxygens (including phenoxy) is 1. The summed E-state index contributed by atoms with van der Waals surface area (Å²) in [7, 11) is 0. The Labute approximate surface area is 94.0 Å². The Morgan fingerprint density at radius 1 is 1.13 bits per heavy atom.